The number of ether oxygens (including phenoxy) is 1. The number of rotatable bonds is 5. The standard InChI is InChI=1S/C26H26N4O3/c1-16-23(25(32)29-20-6-8-22(33-5)9-7-20)13-21(15-28-16)30-24(31)18-10-17(14-27)11-19(12-18)26(2,3)4/h6-13,15H,1-5H3,(H,29,32)(H,30,31). The van der Waals surface area contributed by atoms with E-state index in [0.717, 1.165) is 5.56 Å². The first-order valence-corrected chi connectivity index (χ1v) is 10.4. The summed E-state index contributed by atoms with van der Waals surface area (Å²) < 4.78 is 5.13. The number of hydrogen-bond donors (Lipinski definition) is 2. The molecule has 3 aromatic rings. The Kier molecular flexibility index (Phi) is 6.78. The predicted molar refractivity (Wildman–Crippen MR) is 128 cm³/mol. The van der Waals surface area contributed by atoms with E-state index in [1.54, 1.807) is 62.6 Å². The quantitative estimate of drug-likeness (QED) is 0.574. The number of methoxy groups -OCH3 is 1. The number of nitrogens with zero attached hydrogens (tertiary/aromatic N) is 2. The Morgan fingerprint density at radius 2 is 1.64 bits per heavy atom. The van der Waals surface area contributed by atoms with Crippen LogP contribution in [-0.4, -0.2) is 23.9 Å². The van der Waals surface area contributed by atoms with Gasteiger partial charge in [-0.25, -0.2) is 0 Å². The highest BCUT2D eigenvalue weighted by Crippen LogP contribution is 2.25. The number of hydrogen-bond acceptors (Lipinski definition) is 5. The molecule has 1 aromatic heterocycles. The maximum absolute atomic E-state index is 12.9. The van der Waals surface area contributed by atoms with Crippen molar-refractivity contribution in [3.05, 3.63) is 82.7 Å². The van der Waals surface area contributed by atoms with Gasteiger partial charge in [0.2, 0.25) is 0 Å². The number of anilines is 2. The third kappa shape index (κ3) is 5.74. The number of amides is 2. The number of pyridine rings is 1. The van der Waals surface area contributed by atoms with E-state index >= 15 is 0 Å². The fraction of sp³-hybridized carbons (Fsp3) is 0.231. The monoisotopic (exact) mass is 442 g/mol. The van der Waals surface area contributed by atoms with Gasteiger partial charge in [-0.3, -0.25) is 14.6 Å². The van der Waals surface area contributed by atoms with Crippen molar-refractivity contribution in [3.8, 4) is 11.8 Å². The van der Waals surface area contributed by atoms with Crippen LogP contribution in [0.4, 0.5) is 11.4 Å². The normalized spacial score (nSPS) is 10.8. The molecule has 1 heterocycles. The van der Waals surface area contributed by atoms with E-state index in [9.17, 15) is 14.9 Å². The third-order valence-electron chi connectivity index (χ3n) is 5.13. The van der Waals surface area contributed by atoms with Gasteiger partial charge in [0.1, 0.15) is 5.75 Å². The van der Waals surface area contributed by atoms with Crippen LogP contribution in [0.3, 0.4) is 0 Å². The molecule has 2 N–H and O–H groups in total. The number of carbonyl (C=O) groups excluding carboxylic acids is 2. The molecule has 0 aliphatic heterocycles. The first-order valence-electron chi connectivity index (χ1n) is 10.4. The molecule has 33 heavy (non-hydrogen) atoms. The average molecular weight is 443 g/mol. The van der Waals surface area contributed by atoms with Crippen LogP contribution in [0.1, 0.15) is 58.3 Å². The van der Waals surface area contributed by atoms with Gasteiger partial charge in [0, 0.05) is 11.3 Å². The van der Waals surface area contributed by atoms with Gasteiger partial charge in [-0.2, -0.15) is 5.26 Å². The minimum atomic E-state index is -0.384. The van der Waals surface area contributed by atoms with Crippen molar-refractivity contribution in [1.82, 2.24) is 4.98 Å². The van der Waals surface area contributed by atoms with Crippen LogP contribution in [0.2, 0.25) is 0 Å². The minimum Gasteiger partial charge on any atom is -0.497 e. The fourth-order valence-corrected chi connectivity index (χ4v) is 3.16. The number of benzene rings is 2. The van der Waals surface area contributed by atoms with Crippen LogP contribution in [0.5, 0.6) is 5.75 Å². The molecule has 168 valence electrons. The lowest BCUT2D eigenvalue weighted by atomic mass is 9.85. The van der Waals surface area contributed by atoms with Crippen LogP contribution in [-0.2, 0) is 5.41 Å². The molecular weight excluding hydrogens is 416 g/mol. The summed E-state index contributed by atoms with van der Waals surface area (Å²) in [5.74, 6) is -0.0434. The van der Waals surface area contributed by atoms with Gasteiger partial charge in [0.15, 0.2) is 0 Å². The number of nitriles is 1. The zero-order valence-electron chi connectivity index (χ0n) is 19.3. The highest BCUT2D eigenvalue weighted by atomic mass is 16.5. The van der Waals surface area contributed by atoms with Crippen LogP contribution in [0, 0.1) is 18.3 Å². The summed E-state index contributed by atoms with van der Waals surface area (Å²) >= 11 is 0. The summed E-state index contributed by atoms with van der Waals surface area (Å²) in [6.45, 7) is 7.77. The topological polar surface area (TPSA) is 104 Å². The van der Waals surface area contributed by atoms with E-state index < -0.39 is 0 Å². The van der Waals surface area contributed by atoms with Gasteiger partial charge in [0.25, 0.3) is 11.8 Å². The van der Waals surface area contributed by atoms with Crippen LogP contribution >= 0.6 is 0 Å². The molecule has 0 spiro atoms. The second-order valence-corrected chi connectivity index (χ2v) is 8.65. The lowest BCUT2D eigenvalue weighted by Gasteiger charge is -2.20. The molecule has 7 nitrogen and oxygen atoms in total. The number of aryl methyl sites for hydroxylation is 1. The molecule has 0 aliphatic rings. The Balaban J connectivity index is 1.82. The molecule has 0 bridgehead atoms. The van der Waals surface area contributed by atoms with E-state index in [0.29, 0.717) is 39.5 Å². The molecule has 0 aliphatic carbocycles. The Morgan fingerprint density at radius 3 is 2.24 bits per heavy atom. The van der Waals surface area contributed by atoms with Gasteiger partial charge in [-0.1, -0.05) is 20.8 Å². The van der Waals surface area contributed by atoms with E-state index in [1.165, 1.54) is 6.20 Å². The molecule has 3 rings (SSSR count). The first-order chi connectivity index (χ1) is 15.6. The van der Waals surface area contributed by atoms with Crippen molar-refractivity contribution in [2.75, 3.05) is 17.7 Å². The summed E-state index contributed by atoms with van der Waals surface area (Å²) in [7, 11) is 1.57. The summed E-state index contributed by atoms with van der Waals surface area (Å²) in [5, 5.41) is 15.0. The molecule has 2 aromatic carbocycles. The van der Waals surface area contributed by atoms with Crippen LogP contribution in [0.25, 0.3) is 0 Å². The second-order valence-electron chi connectivity index (χ2n) is 8.65. The summed E-state index contributed by atoms with van der Waals surface area (Å²) in [6.07, 6.45) is 1.50. The van der Waals surface area contributed by atoms with Crippen molar-refractivity contribution in [2.24, 2.45) is 0 Å². The number of aromatic nitrogens is 1. The lowest BCUT2D eigenvalue weighted by molar-refractivity contribution is 0.101. The van der Waals surface area contributed by atoms with Gasteiger partial charge in [-0.15, -0.1) is 0 Å². The Labute approximate surface area is 193 Å². The smallest absolute Gasteiger partial charge is 0.257 e. The molecule has 0 atom stereocenters. The minimum absolute atomic E-state index is 0.222. The molecule has 0 fully saturated rings. The lowest BCUT2D eigenvalue weighted by Crippen LogP contribution is -2.18. The fourth-order valence-electron chi connectivity index (χ4n) is 3.16. The Morgan fingerprint density at radius 1 is 0.970 bits per heavy atom. The molecule has 0 radical (unpaired) electrons. The zero-order valence-corrected chi connectivity index (χ0v) is 19.3. The highest BCUT2D eigenvalue weighted by molar-refractivity contribution is 6.08. The Hall–Kier alpha value is -4.18. The molecule has 2 amide bonds. The average Bonchev–Trinajstić information content (AvgIpc) is 2.79. The van der Waals surface area contributed by atoms with Gasteiger partial charge >= 0.3 is 0 Å². The van der Waals surface area contributed by atoms with Gasteiger partial charge < -0.3 is 15.4 Å². The summed E-state index contributed by atoms with van der Waals surface area (Å²) in [5.41, 5.74) is 3.29. The first kappa shape index (κ1) is 23.5. The van der Waals surface area contributed by atoms with Crippen molar-refractivity contribution in [1.29, 1.82) is 5.26 Å². The maximum Gasteiger partial charge on any atom is 0.257 e. The Bertz CT molecular complexity index is 1240. The zero-order chi connectivity index (χ0) is 24.2. The molecule has 0 unspecified atom stereocenters. The van der Waals surface area contributed by atoms with Gasteiger partial charge in [-0.05, 0) is 66.4 Å². The predicted octanol–water partition coefficient (Wildman–Crippen LogP) is 5.07. The molecule has 0 saturated heterocycles. The SMILES string of the molecule is COc1ccc(NC(=O)c2cc(NC(=O)c3cc(C#N)cc(C(C)(C)C)c3)cnc2C)cc1. The molecule has 0 saturated carbocycles. The van der Waals surface area contributed by atoms with E-state index in [-0.39, 0.29) is 17.2 Å². The van der Waals surface area contributed by atoms with Crippen molar-refractivity contribution < 1.29 is 14.3 Å². The largest absolute Gasteiger partial charge is 0.497 e. The second kappa shape index (κ2) is 9.53. The molecule has 7 heteroatoms. The van der Waals surface area contributed by atoms with E-state index in [1.807, 2.05) is 20.8 Å². The number of carbonyl (C=O) groups is 2. The highest BCUT2D eigenvalue weighted by Gasteiger charge is 2.19. The van der Waals surface area contributed by atoms with Crippen molar-refractivity contribution >= 4 is 23.2 Å². The van der Waals surface area contributed by atoms with Crippen molar-refractivity contribution in [2.45, 2.75) is 33.1 Å². The summed E-state index contributed by atoms with van der Waals surface area (Å²) in [4.78, 5) is 30.0. The van der Waals surface area contributed by atoms with Crippen molar-refractivity contribution in [3.63, 3.8) is 0 Å². The van der Waals surface area contributed by atoms with Crippen LogP contribution < -0.4 is 15.4 Å². The van der Waals surface area contributed by atoms with E-state index in [2.05, 4.69) is 21.7 Å². The van der Waals surface area contributed by atoms with Gasteiger partial charge in [0.05, 0.1) is 41.9 Å². The van der Waals surface area contributed by atoms with E-state index in [4.69, 9.17) is 4.74 Å². The van der Waals surface area contributed by atoms with Crippen LogP contribution in [0.15, 0.2) is 54.7 Å². The maximum atomic E-state index is 12.9. The number of nitrogens with one attached hydrogen (secondary N) is 2. The third-order valence-corrected chi connectivity index (χ3v) is 5.13. The summed E-state index contributed by atoms with van der Waals surface area (Å²) in [6, 6.07) is 15.8. The molecular formula is C26H26N4O3.